The Balaban J connectivity index is 3.21. The lowest BCUT2D eigenvalue weighted by molar-refractivity contribution is 0.0595. The van der Waals surface area contributed by atoms with E-state index in [1.165, 1.54) is 19.2 Å². The molecule has 1 aromatic rings. The van der Waals surface area contributed by atoms with E-state index in [9.17, 15) is 9.18 Å². The Morgan fingerprint density at radius 3 is 2.62 bits per heavy atom. The van der Waals surface area contributed by atoms with E-state index in [1.54, 1.807) is 0 Å². The van der Waals surface area contributed by atoms with E-state index in [1.807, 2.05) is 13.8 Å². The predicted molar refractivity (Wildman–Crippen MR) is 60.9 cm³/mol. The summed E-state index contributed by atoms with van der Waals surface area (Å²) in [4.78, 5) is 11.3. The Bertz CT molecular complexity index is 405. The summed E-state index contributed by atoms with van der Waals surface area (Å²) in [7, 11) is 1.20. The summed E-state index contributed by atoms with van der Waals surface area (Å²) in [6.45, 7) is 3.70. The van der Waals surface area contributed by atoms with Crippen LogP contribution >= 0.6 is 0 Å². The zero-order valence-corrected chi connectivity index (χ0v) is 9.50. The highest BCUT2D eigenvalue weighted by Crippen LogP contribution is 2.26. The van der Waals surface area contributed by atoms with Crippen molar-refractivity contribution < 1.29 is 13.9 Å². The van der Waals surface area contributed by atoms with Crippen molar-refractivity contribution in [3.05, 3.63) is 23.5 Å². The van der Waals surface area contributed by atoms with E-state index in [0.717, 1.165) is 0 Å². The van der Waals surface area contributed by atoms with Gasteiger partial charge in [-0.05, 0) is 26.0 Å². The van der Waals surface area contributed by atoms with Crippen LogP contribution in [0.2, 0.25) is 0 Å². The van der Waals surface area contributed by atoms with Crippen LogP contribution in [0.5, 0.6) is 0 Å². The van der Waals surface area contributed by atoms with Crippen LogP contribution in [0.1, 0.15) is 24.2 Å². The molecule has 0 radical (unpaired) electrons. The molecule has 0 unspecified atom stereocenters. The van der Waals surface area contributed by atoms with Gasteiger partial charge in [0.25, 0.3) is 0 Å². The number of hydrogen-bond donors (Lipinski definition) is 2. The Morgan fingerprint density at radius 1 is 1.50 bits per heavy atom. The second-order valence-electron chi connectivity index (χ2n) is 3.68. The number of anilines is 2. The minimum absolute atomic E-state index is 0.0182. The number of esters is 1. The third-order valence-corrected chi connectivity index (χ3v) is 2.01. The highest BCUT2D eigenvalue weighted by Gasteiger charge is 2.18. The van der Waals surface area contributed by atoms with Crippen LogP contribution in [0.15, 0.2) is 12.1 Å². The largest absolute Gasteiger partial charge is 0.465 e. The van der Waals surface area contributed by atoms with Gasteiger partial charge in [0.2, 0.25) is 0 Å². The number of nitrogens with one attached hydrogen (secondary N) is 1. The maximum absolute atomic E-state index is 13.9. The van der Waals surface area contributed by atoms with Crippen molar-refractivity contribution in [1.82, 2.24) is 0 Å². The quantitative estimate of drug-likeness (QED) is 0.611. The second kappa shape index (κ2) is 4.83. The molecule has 0 aliphatic heterocycles. The van der Waals surface area contributed by atoms with Crippen LogP contribution < -0.4 is 11.1 Å². The van der Waals surface area contributed by atoms with Crippen molar-refractivity contribution in [2.45, 2.75) is 19.9 Å². The number of ether oxygens (including phenoxy) is 1. The first-order valence-electron chi connectivity index (χ1n) is 4.90. The van der Waals surface area contributed by atoms with Gasteiger partial charge in [0.15, 0.2) is 5.82 Å². The van der Waals surface area contributed by atoms with Crippen molar-refractivity contribution in [3.8, 4) is 0 Å². The van der Waals surface area contributed by atoms with Gasteiger partial charge < -0.3 is 15.8 Å². The summed E-state index contributed by atoms with van der Waals surface area (Å²) in [5.41, 5.74) is 5.90. The van der Waals surface area contributed by atoms with Crippen molar-refractivity contribution >= 4 is 17.3 Å². The van der Waals surface area contributed by atoms with Gasteiger partial charge in [0, 0.05) is 6.04 Å². The number of methoxy groups -OCH3 is 1. The molecule has 0 saturated heterocycles. The Kier molecular flexibility index (Phi) is 3.71. The Morgan fingerprint density at radius 2 is 2.12 bits per heavy atom. The lowest BCUT2D eigenvalue weighted by Crippen LogP contribution is -2.15. The van der Waals surface area contributed by atoms with Crippen LogP contribution in [-0.4, -0.2) is 19.1 Å². The average Bonchev–Trinajstić information content (AvgIpc) is 2.23. The van der Waals surface area contributed by atoms with Crippen molar-refractivity contribution in [2.24, 2.45) is 0 Å². The number of benzene rings is 1. The molecule has 0 saturated carbocycles. The van der Waals surface area contributed by atoms with Crippen LogP contribution in [0.4, 0.5) is 15.8 Å². The highest BCUT2D eigenvalue weighted by molar-refractivity contribution is 5.92. The molecule has 1 rings (SSSR count). The molecular weight excluding hydrogens is 211 g/mol. The summed E-state index contributed by atoms with van der Waals surface area (Å²) in [5, 5.41) is 2.85. The van der Waals surface area contributed by atoms with Gasteiger partial charge in [-0.25, -0.2) is 9.18 Å². The number of carbonyl (C=O) groups is 1. The standard InChI is InChI=1S/C11H15FN2O2/c1-6(2)14-10-8(13)5-4-7(9(10)12)11(15)16-3/h4-6,14H,13H2,1-3H3. The van der Waals surface area contributed by atoms with Gasteiger partial charge in [-0.15, -0.1) is 0 Å². The molecule has 3 N–H and O–H groups in total. The van der Waals surface area contributed by atoms with E-state index >= 15 is 0 Å². The summed E-state index contributed by atoms with van der Waals surface area (Å²) < 4.78 is 18.4. The number of nitrogen functional groups attached to an aromatic ring is 1. The molecule has 0 fully saturated rings. The first kappa shape index (κ1) is 12.3. The van der Waals surface area contributed by atoms with Crippen molar-refractivity contribution in [3.63, 3.8) is 0 Å². The highest BCUT2D eigenvalue weighted by atomic mass is 19.1. The van der Waals surface area contributed by atoms with Crippen LogP contribution in [0, 0.1) is 5.82 Å². The zero-order chi connectivity index (χ0) is 12.3. The summed E-state index contributed by atoms with van der Waals surface area (Å²) in [5.74, 6) is -1.40. The van der Waals surface area contributed by atoms with Gasteiger partial charge >= 0.3 is 5.97 Å². The van der Waals surface area contributed by atoms with E-state index in [-0.39, 0.29) is 23.0 Å². The maximum Gasteiger partial charge on any atom is 0.340 e. The van der Waals surface area contributed by atoms with E-state index in [4.69, 9.17) is 5.73 Å². The number of nitrogens with two attached hydrogens (primary N) is 1. The van der Waals surface area contributed by atoms with Gasteiger partial charge in [0.1, 0.15) is 0 Å². The molecule has 88 valence electrons. The molecule has 0 bridgehead atoms. The maximum atomic E-state index is 13.9. The molecule has 1 aromatic carbocycles. The molecular formula is C11H15FN2O2. The molecule has 16 heavy (non-hydrogen) atoms. The average molecular weight is 226 g/mol. The molecule has 5 heteroatoms. The normalized spacial score (nSPS) is 10.3. The Hall–Kier alpha value is -1.78. The minimum atomic E-state index is -0.718. The topological polar surface area (TPSA) is 64.3 Å². The molecule has 0 spiro atoms. The zero-order valence-electron chi connectivity index (χ0n) is 9.50. The minimum Gasteiger partial charge on any atom is -0.465 e. The first-order chi connectivity index (χ1) is 7.47. The third-order valence-electron chi connectivity index (χ3n) is 2.01. The predicted octanol–water partition coefficient (Wildman–Crippen LogP) is 2.01. The summed E-state index contributed by atoms with van der Waals surface area (Å²) in [6, 6.07) is 2.80. The van der Waals surface area contributed by atoms with E-state index < -0.39 is 11.8 Å². The van der Waals surface area contributed by atoms with E-state index in [0.29, 0.717) is 0 Å². The second-order valence-corrected chi connectivity index (χ2v) is 3.68. The van der Waals surface area contributed by atoms with Crippen LogP contribution in [0.25, 0.3) is 0 Å². The fraction of sp³-hybridized carbons (Fsp3) is 0.364. The molecule has 0 atom stereocenters. The summed E-state index contributed by atoms with van der Waals surface area (Å²) in [6.07, 6.45) is 0. The van der Waals surface area contributed by atoms with Crippen LogP contribution in [0.3, 0.4) is 0 Å². The monoisotopic (exact) mass is 226 g/mol. The fourth-order valence-electron chi connectivity index (χ4n) is 1.29. The van der Waals surface area contributed by atoms with Gasteiger partial charge in [0.05, 0.1) is 24.0 Å². The lowest BCUT2D eigenvalue weighted by Gasteiger charge is -2.14. The number of hydrogen-bond acceptors (Lipinski definition) is 4. The number of rotatable bonds is 3. The van der Waals surface area contributed by atoms with Gasteiger partial charge in [-0.3, -0.25) is 0 Å². The van der Waals surface area contributed by atoms with Crippen molar-refractivity contribution in [1.29, 1.82) is 0 Å². The van der Waals surface area contributed by atoms with Gasteiger partial charge in [-0.2, -0.15) is 0 Å². The smallest absolute Gasteiger partial charge is 0.340 e. The molecule has 0 heterocycles. The molecule has 4 nitrogen and oxygen atoms in total. The lowest BCUT2D eigenvalue weighted by atomic mass is 10.1. The molecule has 0 aliphatic carbocycles. The van der Waals surface area contributed by atoms with Crippen LogP contribution in [-0.2, 0) is 4.74 Å². The molecule has 0 aromatic heterocycles. The number of carbonyl (C=O) groups excluding carboxylic acids is 1. The van der Waals surface area contributed by atoms with Gasteiger partial charge in [-0.1, -0.05) is 0 Å². The SMILES string of the molecule is COC(=O)c1ccc(N)c(NC(C)C)c1F. The van der Waals surface area contributed by atoms with Crippen molar-refractivity contribution in [2.75, 3.05) is 18.2 Å². The molecule has 0 aliphatic rings. The van der Waals surface area contributed by atoms with E-state index in [2.05, 4.69) is 10.1 Å². The molecule has 0 amide bonds. The fourth-order valence-corrected chi connectivity index (χ4v) is 1.29. The number of halogens is 1. The third kappa shape index (κ3) is 2.42. The first-order valence-corrected chi connectivity index (χ1v) is 4.90. The summed E-state index contributed by atoms with van der Waals surface area (Å²) >= 11 is 0. The Labute approximate surface area is 93.6 Å².